The molecule has 12 rings (SSSR count). The summed E-state index contributed by atoms with van der Waals surface area (Å²) >= 11 is 23.8. The highest BCUT2D eigenvalue weighted by Crippen LogP contribution is 2.33. The molecule has 0 amide bonds. The fourth-order valence-corrected chi connectivity index (χ4v) is 13.9. The standard InChI is InChI=1S/C18H22Cl2N6O2.2C18H22ClFN6O2.C18H22F2N6O2/c19-13-5-12(6-14(20)7-13)9-23-18-24-10-16(26(27)28)17(25-18)22-8-11-1-3-15(21)4-2-11;19-15-7-13(20)4-3-12(15)9-23-18-24-10-16(26(27)28)17(25-18)22-8-11-1-5-14(21)6-2-11;19-13-4-3-12(15(20)7-13)9-23-18-24-10-16(26(27)28)17(25-18)22-8-11-1-5-14(21)6-2-11;19-13-5-12(6-14(20)7-13)9-23-18-24-10-16(26(27)28)17(25-18)22-8-11-1-3-15(21)4-2-11/h5-7,10-11,15H,1-4,8-9,21H2,(H2,22,23,24,25);2*3-4,7,10-11,14H,1-2,5-6,8-9,21H2,(H2,22,23,24,25);5-7,10-11,15H,1-4,8-9,21H2,(H2,22,23,24,25). The average molecular weight is 1640 g/mol. The Hall–Kier alpha value is -10.1. The molecule has 4 saturated carbocycles. The fraction of sp³-hybridized carbons (Fsp3) is 0.444. The first-order valence-corrected chi connectivity index (χ1v) is 37.9. The van der Waals surface area contributed by atoms with Crippen molar-refractivity contribution in [3.05, 3.63) is 204 Å². The summed E-state index contributed by atoms with van der Waals surface area (Å²) in [5.74, 6) is 0.822. The summed E-state index contributed by atoms with van der Waals surface area (Å²) in [5.41, 5.74) is 25.2. The summed E-state index contributed by atoms with van der Waals surface area (Å²) in [6.07, 6.45) is 20.2. The van der Waals surface area contributed by atoms with E-state index in [0.717, 1.165) is 127 Å². The zero-order valence-electron chi connectivity index (χ0n) is 60.8. The van der Waals surface area contributed by atoms with Crippen LogP contribution in [0.2, 0.25) is 20.1 Å². The first-order chi connectivity index (χ1) is 53.6. The second kappa shape index (κ2) is 42.5. The second-order valence-corrected chi connectivity index (χ2v) is 29.5. The Labute approximate surface area is 662 Å². The smallest absolute Gasteiger partial charge is 0.329 e. The van der Waals surface area contributed by atoms with Crippen LogP contribution < -0.4 is 65.5 Å². The number of anilines is 8. The van der Waals surface area contributed by atoms with Crippen molar-refractivity contribution in [3.8, 4) is 0 Å². The van der Waals surface area contributed by atoms with Crippen LogP contribution in [0.1, 0.15) is 125 Å². The quantitative estimate of drug-likeness (QED) is 0.0123. The van der Waals surface area contributed by atoms with E-state index in [-0.39, 0.29) is 119 Å². The minimum absolute atomic E-state index is 0.0758. The number of nitrogens with one attached hydrogen (secondary N) is 8. The molecule has 0 bridgehead atoms. The Bertz CT molecular complexity index is 4170. The highest BCUT2D eigenvalue weighted by atomic mass is 35.5. The summed E-state index contributed by atoms with van der Waals surface area (Å²) < 4.78 is 53.6. The molecule has 4 heterocycles. The van der Waals surface area contributed by atoms with Crippen molar-refractivity contribution in [1.29, 1.82) is 0 Å². The number of halogens is 8. The molecular weight excluding hydrogens is 1550 g/mol. The van der Waals surface area contributed by atoms with Gasteiger partial charge in [0.1, 0.15) is 48.1 Å². The highest BCUT2D eigenvalue weighted by molar-refractivity contribution is 6.34. The van der Waals surface area contributed by atoms with Crippen LogP contribution in [-0.2, 0) is 26.2 Å². The van der Waals surface area contributed by atoms with E-state index < -0.39 is 43.0 Å². The number of hydrogen-bond donors (Lipinski definition) is 12. The van der Waals surface area contributed by atoms with E-state index >= 15 is 0 Å². The highest BCUT2D eigenvalue weighted by Gasteiger charge is 2.28. The molecule has 4 aliphatic carbocycles. The Morgan fingerprint density at radius 3 is 0.964 bits per heavy atom. The van der Waals surface area contributed by atoms with Crippen molar-refractivity contribution < 1.29 is 37.3 Å². The van der Waals surface area contributed by atoms with Gasteiger partial charge in [-0.05, 0) is 198 Å². The zero-order valence-corrected chi connectivity index (χ0v) is 63.8. The van der Waals surface area contributed by atoms with Gasteiger partial charge in [0.05, 0.1) is 19.7 Å². The molecule has 0 atom stereocenters. The van der Waals surface area contributed by atoms with Crippen molar-refractivity contribution in [1.82, 2.24) is 39.9 Å². The molecule has 0 spiro atoms. The van der Waals surface area contributed by atoms with Crippen LogP contribution in [0.4, 0.5) is 87.4 Å². The predicted octanol–water partition coefficient (Wildman–Crippen LogP) is 14.9. The van der Waals surface area contributed by atoms with Gasteiger partial charge in [0.25, 0.3) is 0 Å². The normalized spacial score (nSPS) is 19.2. The van der Waals surface area contributed by atoms with E-state index in [0.29, 0.717) is 88.2 Å². The number of benzene rings is 4. The average Bonchev–Trinajstić information content (AvgIpc) is 0.848. The molecule has 4 aliphatic rings. The molecule has 112 heavy (non-hydrogen) atoms. The molecule has 600 valence electrons. The first-order valence-electron chi connectivity index (χ1n) is 36.4. The van der Waals surface area contributed by atoms with Crippen molar-refractivity contribution in [2.45, 2.75) is 153 Å². The van der Waals surface area contributed by atoms with Crippen LogP contribution in [0, 0.1) is 87.4 Å². The number of hydrogen-bond acceptors (Lipinski definition) is 28. The zero-order chi connectivity index (χ0) is 80.4. The van der Waals surface area contributed by atoms with Crippen LogP contribution in [0.15, 0.2) is 97.6 Å². The van der Waals surface area contributed by atoms with Gasteiger partial charge >= 0.3 is 22.7 Å². The lowest BCUT2D eigenvalue weighted by Gasteiger charge is -2.26. The molecule has 40 heteroatoms. The van der Waals surface area contributed by atoms with E-state index in [1.165, 1.54) is 42.7 Å². The molecule has 4 aromatic carbocycles. The molecule has 32 nitrogen and oxygen atoms in total. The number of aromatic nitrogens is 8. The molecule has 0 aliphatic heterocycles. The molecule has 0 unspecified atom stereocenters. The van der Waals surface area contributed by atoms with Crippen LogP contribution in [-0.4, -0.2) is 110 Å². The maximum atomic E-state index is 13.9. The van der Waals surface area contributed by atoms with Gasteiger partial charge in [0.2, 0.25) is 47.1 Å². The van der Waals surface area contributed by atoms with Crippen molar-refractivity contribution in [2.24, 2.45) is 46.6 Å². The monoisotopic (exact) mass is 1630 g/mol. The van der Waals surface area contributed by atoms with E-state index in [1.807, 2.05) is 0 Å². The van der Waals surface area contributed by atoms with Gasteiger partial charge in [-0.3, -0.25) is 40.5 Å². The minimum Gasteiger partial charge on any atom is -0.364 e. The number of nitro groups is 4. The Balaban J connectivity index is 0.000000171. The minimum atomic E-state index is -0.684. The topological polar surface area (TPSA) is 476 Å². The summed E-state index contributed by atoms with van der Waals surface area (Å²) in [4.78, 5) is 75.8. The van der Waals surface area contributed by atoms with Crippen molar-refractivity contribution >= 4 is 116 Å². The largest absolute Gasteiger partial charge is 0.364 e. The van der Waals surface area contributed by atoms with Gasteiger partial charge in [0, 0.05) is 108 Å². The van der Waals surface area contributed by atoms with Crippen LogP contribution in [0.25, 0.3) is 0 Å². The lowest BCUT2D eigenvalue weighted by molar-refractivity contribution is -0.384. The van der Waals surface area contributed by atoms with Crippen LogP contribution >= 0.6 is 46.4 Å². The lowest BCUT2D eigenvalue weighted by Crippen LogP contribution is -2.29. The van der Waals surface area contributed by atoms with E-state index in [2.05, 4.69) is 82.4 Å². The predicted molar refractivity (Wildman–Crippen MR) is 423 cm³/mol. The Kier molecular flexibility index (Phi) is 32.6. The third-order valence-electron chi connectivity index (χ3n) is 19.3. The van der Waals surface area contributed by atoms with Crippen molar-refractivity contribution in [2.75, 3.05) is 68.7 Å². The third-order valence-corrected chi connectivity index (χ3v) is 20.3. The molecule has 16 N–H and O–H groups in total. The number of rotatable bonds is 28. The summed E-state index contributed by atoms with van der Waals surface area (Å²) in [5, 5.41) is 70.8. The Morgan fingerprint density at radius 2 is 0.652 bits per heavy atom. The third kappa shape index (κ3) is 27.7. The van der Waals surface area contributed by atoms with Gasteiger partial charge in [-0.25, -0.2) is 37.5 Å². The van der Waals surface area contributed by atoms with Crippen LogP contribution in [0.3, 0.4) is 0 Å². The maximum Gasteiger partial charge on any atom is 0.329 e. The summed E-state index contributed by atoms with van der Waals surface area (Å²) in [7, 11) is 0. The number of nitrogens with two attached hydrogens (primary N) is 4. The van der Waals surface area contributed by atoms with E-state index in [4.69, 9.17) is 69.3 Å². The SMILES string of the molecule is NC1CCC(CNc2nc(NCc3cc(Cl)cc(Cl)c3)ncc2[N+](=O)[O-])CC1.NC1CCC(CNc2nc(NCc3cc(F)cc(F)c3)ncc2[N+](=O)[O-])CC1.NC1CCC(CNc2nc(NCc3ccc(Cl)cc3F)ncc2[N+](=O)[O-])CC1.NC1CCC(CNc2nc(NCc3ccc(F)cc3Cl)ncc2[N+](=O)[O-])CC1. The second-order valence-electron chi connectivity index (χ2n) is 27.8. The fourth-order valence-electron chi connectivity index (χ4n) is 12.9. The molecule has 4 fully saturated rings. The Morgan fingerprint density at radius 1 is 0.348 bits per heavy atom. The van der Waals surface area contributed by atoms with Gasteiger partial charge in [-0.2, -0.15) is 19.9 Å². The molecular formula is C72H88Cl4F4N24O8. The number of nitrogens with zero attached hydrogens (tertiary/aromatic N) is 12. The van der Waals surface area contributed by atoms with E-state index in [9.17, 15) is 58.0 Å². The summed E-state index contributed by atoms with van der Waals surface area (Å²) in [6.45, 7) is 3.19. The summed E-state index contributed by atoms with van der Waals surface area (Å²) in [6, 6.07) is 17.8. The molecule has 0 saturated heterocycles. The van der Waals surface area contributed by atoms with Crippen LogP contribution in [0.5, 0.6) is 0 Å². The maximum absolute atomic E-state index is 13.9. The lowest BCUT2D eigenvalue weighted by atomic mass is 9.86. The molecule has 0 radical (unpaired) electrons. The van der Waals surface area contributed by atoms with Crippen molar-refractivity contribution in [3.63, 3.8) is 0 Å². The first kappa shape index (κ1) is 85.9. The van der Waals surface area contributed by atoms with E-state index in [1.54, 1.807) is 36.4 Å². The van der Waals surface area contributed by atoms with Gasteiger partial charge in [-0.15, -0.1) is 0 Å². The van der Waals surface area contributed by atoms with Gasteiger partial charge < -0.3 is 65.5 Å². The molecule has 4 aromatic heterocycles. The van der Waals surface area contributed by atoms with Gasteiger partial charge in [-0.1, -0.05) is 58.5 Å². The van der Waals surface area contributed by atoms with Gasteiger partial charge in [0.15, 0.2) is 0 Å². The molecule has 8 aromatic rings.